The maximum Gasteiger partial charge on any atom is 0.228 e. The Hall–Kier alpha value is -1.55. The van der Waals surface area contributed by atoms with Gasteiger partial charge in [0.25, 0.3) is 0 Å². The van der Waals surface area contributed by atoms with Gasteiger partial charge < -0.3 is 14.4 Å². The Morgan fingerprint density at radius 1 is 1.32 bits per heavy atom. The second-order valence-corrected chi connectivity index (χ2v) is 4.92. The van der Waals surface area contributed by atoms with Crippen molar-refractivity contribution in [3.05, 3.63) is 29.8 Å². The highest BCUT2D eigenvalue weighted by Crippen LogP contribution is 2.29. The van der Waals surface area contributed by atoms with E-state index in [1.807, 2.05) is 29.2 Å². The fourth-order valence-corrected chi connectivity index (χ4v) is 2.57. The molecule has 2 atom stereocenters. The maximum absolute atomic E-state index is 12.3. The average Bonchev–Trinajstić information content (AvgIpc) is 2.80. The van der Waals surface area contributed by atoms with Crippen LogP contribution in [0.25, 0.3) is 0 Å². The number of nitrogens with zero attached hydrogens (tertiary/aromatic N) is 1. The first-order valence-corrected chi connectivity index (χ1v) is 6.60. The van der Waals surface area contributed by atoms with Crippen molar-refractivity contribution in [2.75, 3.05) is 27.4 Å². The number of hydrogen-bond acceptors (Lipinski definition) is 3. The van der Waals surface area contributed by atoms with E-state index in [9.17, 15) is 4.79 Å². The van der Waals surface area contributed by atoms with E-state index < -0.39 is 0 Å². The number of methoxy groups -OCH3 is 2. The zero-order chi connectivity index (χ0) is 13.8. The van der Waals surface area contributed by atoms with Crippen molar-refractivity contribution in [2.45, 2.75) is 19.4 Å². The van der Waals surface area contributed by atoms with Crippen LogP contribution in [0.2, 0.25) is 0 Å². The summed E-state index contributed by atoms with van der Waals surface area (Å²) in [6, 6.07) is 7.99. The number of likely N-dealkylation sites (tertiary alicyclic amines) is 1. The average molecular weight is 263 g/mol. The van der Waals surface area contributed by atoms with Crippen LogP contribution in [0, 0.1) is 5.92 Å². The van der Waals surface area contributed by atoms with Crippen molar-refractivity contribution < 1.29 is 14.3 Å². The minimum atomic E-state index is 0.0192. The highest BCUT2D eigenvalue weighted by molar-refractivity contribution is 5.81. The molecule has 1 heterocycles. The van der Waals surface area contributed by atoms with Gasteiger partial charge in [0.1, 0.15) is 5.75 Å². The Morgan fingerprint density at radius 2 is 2.00 bits per heavy atom. The van der Waals surface area contributed by atoms with Crippen LogP contribution in [0.3, 0.4) is 0 Å². The molecule has 1 fully saturated rings. The maximum atomic E-state index is 12.3. The molecule has 19 heavy (non-hydrogen) atoms. The van der Waals surface area contributed by atoms with E-state index in [1.165, 1.54) is 0 Å². The van der Waals surface area contributed by atoms with Crippen molar-refractivity contribution >= 4 is 5.91 Å². The SMILES string of the molecule is COCC1CCN(C(C)c2ccc(OC)cc2)C1=O. The lowest BCUT2D eigenvalue weighted by Gasteiger charge is -2.25. The molecule has 0 saturated carbocycles. The standard InChI is InChI=1S/C15H21NO3/c1-11(12-4-6-14(19-3)7-5-12)16-9-8-13(10-18-2)15(16)17/h4-7,11,13H,8-10H2,1-3H3. The first-order valence-electron chi connectivity index (χ1n) is 6.60. The normalized spacial score (nSPS) is 20.7. The number of ether oxygens (including phenoxy) is 2. The van der Waals surface area contributed by atoms with Gasteiger partial charge in [-0.15, -0.1) is 0 Å². The van der Waals surface area contributed by atoms with Crippen LogP contribution in [-0.4, -0.2) is 38.2 Å². The van der Waals surface area contributed by atoms with Gasteiger partial charge >= 0.3 is 0 Å². The molecule has 1 aromatic carbocycles. The van der Waals surface area contributed by atoms with Crippen LogP contribution in [0.1, 0.15) is 24.9 Å². The molecule has 4 heteroatoms. The molecule has 1 saturated heterocycles. The lowest BCUT2D eigenvalue weighted by atomic mass is 10.1. The third-order valence-corrected chi connectivity index (χ3v) is 3.78. The minimum absolute atomic E-state index is 0.0192. The van der Waals surface area contributed by atoms with Gasteiger partial charge in [-0.3, -0.25) is 4.79 Å². The molecule has 104 valence electrons. The molecule has 0 radical (unpaired) electrons. The Labute approximate surface area is 114 Å². The van der Waals surface area contributed by atoms with Gasteiger partial charge in [0.2, 0.25) is 5.91 Å². The Balaban J connectivity index is 2.07. The van der Waals surface area contributed by atoms with Crippen LogP contribution in [0.4, 0.5) is 0 Å². The molecule has 2 rings (SSSR count). The third-order valence-electron chi connectivity index (χ3n) is 3.78. The largest absolute Gasteiger partial charge is 0.497 e. The van der Waals surface area contributed by atoms with Crippen molar-refractivity contribution in [3.63, 3.8) is 0 Å². The zero-order valence-corrected chi connectivity index (χ0v) is 11.8. The molecule has 4 nitrogen and oxygen atoms in total. The van der Waals surface area contributed by atoms with E-state index >= 15 is 0 Å². The highest BCUT2D eigenvalue weighted by atomic mass is 16.5. The lowest BCUT2D eigenvalue weighted by Crippen LogP contribution is -2.31. The predicted molar refractivity (Wildman–Crippen MR) is 73.1 cm³/mol. The molecule has 1 aliphatic heterocycles. The summed E-state index contributed by atoms with van der Waals surface area (Å²) in [5, 5.41) is 0. The van der Waals surface area contributed by atoms with E-state index in [0.717, 1.165) is 24.3 Å². The number of benzene rings is 1. The topological polar surface area (TPSA) is 38.8 Å². The molecule has 0 N–H and O–H groups in total. The van der Waals surface area contributed by atoms with Gasteiger partial charge in [-0.05, 0) is 31.0 Å². The molecule has 2 unspecified atom stereocenters. The van der Waals surface area contributed by atoms with Gasteiger partial charge in [0.15, 0.2) is 0 Å². The molecular formula is C15H21NO3. The summed E-state index contributed by atoms with van der Waals surface area (Å²) in [5.74, 6) is 1.05. The summed E-state index contributed by atoms with van der Waals surface area (Å²) in [7, 11) is 3.29. The summed E-state index contributed by atoms with van der Waals surface area (Å²) in [5.41, 5.74) is 1.13. The van der Waals surface area contributed by atoms with E-state index in [4.69, 9.17) is 9.47 Å². The third kappa shape index (κ3) is 2.89. The van der Waals surface area contributed by atoms with Crippen molar-refractivity contribution in [3.8, 4) is 5.75 Å². The smallest absolute Gasteiger partial charge is 0.228 e. The molecule has 0 aromatic heterocycles. The summed E-state index contributed by atoms with van der Waals surface area (Å²) in [4.78, 5) is 14.2. The van der Waals surface area contributed by atoms with Crippen LogP contribution < -0.4 is 4.74 Å². The summed E-state index contributed by atoms with van der Waals surface area (Å²) in [6.07, 6.45) is 0.882. The van der Waals surface area contributed by atoms with Crippen LogP contribution in [-0.2, 0) is 9.53 Å². The van der Waals surface area contributed by atoms with Crippen LogP contribution >= 0.6 is 0 Å². The van der Waals surface area contributed by atoms with Gasteiger partial charge in [-0.25, -0.2) is 0 Å². The number of rotatable bonds is 5. The second kappa shape index (κ2) is 6.06. The van der Waals surface area contributed by atoms with E-state index in [2.05, 4.69) is 6.92 Å². The van der Waals surface area contributed by atoms with Crippen molar-refractivity contribution in [1.82, 2.24) is 4.90 Å². The summed E-state index contributed by atoms with van der Waals surface area (Å²) in [6.45, 7) is 3.39. The molecule has 0 bridgehead atoms. The summed E-state index contributed by atoms with van der Waals surface area (Å²) < 4.78 is 10.2. The van der Waals surface area contributed by atoms with Gasteiger partial charge in [0, 0.05) is 13.7 Å². The minimum Gasteiger partial charge on any atom is -0.497 e. The predicted octanol–water partition coefficient (Wildman–Crippen LogP) is 2.25. The van der Waals surface area contributed by atoms with E-state index in [1.54, 1.807) is 14.2 Å². The van der Waals surface area contributed by atoms with Crippen LogP contribution in [0.5, 0.6) is 5.75 Å². The summed E-state index contributed by atoms with van der Waals surface area (Å²) >= 11 is 0. The molecule has 0 spiro atoms. The second-order valence-electron chi connectivity index (χ2n) is 4.92. The first-order chi connectivity index (χ1) is 9.17. The zero-order valence-electron chi connectivity index (χ0n) is 11.8. The number of amides is 1. The fraction of sp³-hybridized carbons (Fsp3) is 0.533. The van der Waals surface area contributed by atoms with Gasteiger partial charge in [0.05, 0.1) is 25.7 Å². The lowest BCUT2D eigenvalue weighted by molar-refractivity contribution is -0.134. The van der Waals surface area contributed by atoms with E-state index in [0.29, 0.717) is 6.61 Å². The first kappa shape index (κ1) is 13.9. The van der Waals surface area contributed by atoms with Crippen LogP contribution in [0.15, 0.2) is 24.3 Å². The molecule has 1 aromatic rings. The Morgan fingerprint density at radius 3 is 2.58 bits per heavy atom. The van der Waals surface area contributed by atoms with Crippen molar-refractivity contribution in [1.29, 1.82) is 0 Å². The Kier molecular flexibility index (Phi) is 4.43. The number of hydrogen-bond donors (Lipinski definition) is 0. The van der Waals surface area contributed by atoms with Crippen molar-refractivity contribution in [2.24, 2.45) is 5.92 Å². The monoisotopic (exact) mass is 263 g/mol. The highest BCUT2D eigenvalue weighted by Gasteiger charge is 2.34. The Bertz CT molecular complexity index is 430. The number of carbonyl (C=O) groups is 1. The number of carbonyl (C=O) groups excluding carboxylic acids is 1. The van der Waals surface area contributed by atoms with E-state index in [-0.39, 0.29) is 17.9 Å². The fourth-order valence-electron chi connectivity index (χ4n) is 2.57. The van der Waals surface area contributed by atoms with Gasteiger partial charge in [-0.1, -0.05) is 12.1 Å². The molecular weight excluding hydrogens is 242 g/mol. The molecule has 0 aliphatic carbocycles. The van der Waals surface area contributed by atoms with Gasteiger partial charge in [-0.2, -0.15) is 0 Å². The molecule has 1 amide bonds. The quantitative estimate of drug-likeness (QED) is 0.818. The molecule has 1 aliphatic rings.